The van der Waals surface area contributed by atoms with E-state index in [2.05, 4.69) is 6.58 Å². The molecule has 0 aromatic heterocycles. The van der Waals surface area contributed by atoms with Crippen molar-refractivity contribution in [3.8, 4) is 17.2 Å². The molecule has 0 radical (unpaired) electrons. The Morgan fingerprint density at radius 2 is 1.94 bits per heavy atom. The van der Waals surface area contributed by atoms with E-state index in [1.54, 1.807) is 6.07 Å². The van der Waals surface area contributed by atoms with Crippen molar-refractivity contribution in [2.45, 2.75) is 12.8 Å². The Bertz CT molecular complexity index is 504. The summed E-state index contributed by atoms with van der Waals surface area (Å²) in [5.41, 5.74) is 1.38. The van der Waals surface area contributed by atoms with Gasteiger partial charge in [-0.2, -0.15) is 0 Å². The number of benzene rings is 1. The molecule has 82 valence electrons. The second-order valence-electron chi connectivity index (χ2n) is 3.88. The molecule has 0 saturated heterocycles. The number of esters is 1. The fourth-order valence-electron chi connectivity index (χ4n) is 1.90. The standard InChI is InChI=1S/C12H10O4/c1-6-7(2)12(13)16-9-4-11-10(3-8(6)9)14-5-15-11/h3-4,6H,2,5H2,1H3. The molecule has 4 heteroatoms. The summed E-state index contributed by atoms with van der Waals surface area (Å²) in [6.07, 6.45) is 0. The van der Waals surface area contributed by atoms with E-state index in [4.69, 9.17) is 14.2 Å². The lowest BCUT2D eigenvalue weighted by molar-refractivity contribution is -0.131. The van der Waals surface area contributed by atoms with Crippen molar-refractivity contribution >= 4 is 5.97 Å². The Hall–Kier alpha value is -1.97. The van der Waals surface area contributed by atoms with Crippen LogP contribution in [0.2, 0.25) is 0 Å². The van der Waals surface area contributed by atoms with Crippen LogP contribution in [0, 0.1) is 0 Å². The summed E-state index contributed by atoms with van der Waals surface area (Å²) < 4.78 is 15.7. The largest absolute Gasteiger partial charge is 0.454 e. The smallest absolute Gasteiger partial charge is 0.339 e. The fraction of sp³-hybridized carbons (Fsp3) is 0.250. The maximum atomic E-state index is 11.5. The van der Waals surface area contributed by atoms with Crippen LogP contribution >= 0.6 is 0 Å². The molecule has 16 heavy (non-hydrogen) atoms. The van der Waals surface area contributed by atoms with Crippen LogP contribution in [-0.4, -0.2) is 12.8 Å². The Kier molecular flexibility index (Phi) is 1.74. The molecule has 2 aliphatic rings. The highest BCUT2D eigenvalue weighted by Crippen LogP contribution is 2.44. The van der Waals surface area contributed by atoms with Gasteiger partial charge < -0.3 is 14.2 Å². The zero-order valence-electron chi connectivity index (χ0n) is 8.78. The van der Waals surface area contributed by atoms with Crippen LogP contribution in [0.1, 0.15) is 18.4 Å². The van der Waals surface area contributed by atoms with Gasteiger partial charge in [0, 0.05) is 23.1 Å². The van der Waals surface area contributed by atoms with E-state index >= 15 is 0 Å². The zero-order valence-corrected chi connectivity index (χ0v) is 8.78. The number of hydrogen-bond donors (Lipinski definition) is 0. The van der Waals surface area contributed by atoms with Gasteiger partial charge in [0.1, 0.15) is 5.75 Å². The summed E-state index contributed by atoms with van der Waals surface area (Å²) in [4.78, 5) is 11.5. The molecule has 0 N–H and O–H groups in total. The molecule has 0 aliphatic carbocycles. The normalized spacial score (nSPS) is 21.7. The number of rotatable bonds is 0. The van der Waals surface area contributed by atoms with Crippen LogP contribution in [0.3, 0.4) is 0 Å². The Morgan fingerprint density at radius 3 is 2.69 bits per heavy atom. The average Bonchev–Trinajstić information content (AvgIpc) is 2.71. The van der Waals surface area contributed by atoms with Crippen molar-refractivity contribution < 1.29 is 19.0 Å². The number of carbonyl (C=O) groups excluding carboxylic acids is 1. The molecule has 1 unspecified atom stereocenters. The molecule has 0 amide bonds. The van der Waals surface area contributed by atoms with E-state index in [-0.39, 0.29) is 18.7 Å². The number of hydrogen-bond acceptors (Lipinski definition) is 4. The van der Waals surface area contributed by atoms with E-state index < -0.39 is 0 Å². The first-order valence-electron chi connectivity index (χ1n) is 5.01. The second kappa shape index (κ2) is 3.01. The minimum atomic E-state index is -0.376. The topological polar surface area (TPSA) is 44.8 Å². The second-order valence-corrected chi connectivity index (χ2v) is 3.88. The molecule has 0 saturated carbocycles. The van der Waals surface area contributed by atoms with Crippen LogP contribution in [0.25, 0.3) is 0 Å². The highest BCUT2D eigenvalue weighted by atomic mass is 16.7. The fourth-order valence-corrected chi connectivity index (χ4v) is 1.90. The Labute approximate surface area is 92.4 Å². The SMILES string of the molecule is C=C1C(=O)Oc2cc3c(cc2C1C)OCO3. The van der Waals surface area contributed by atoms with Crippen LogP contribution in [0.5, 0.6) is 17.2 Å². The lowest BCUT2D eigenvalue weighted by atomic mass is 9.91. The van der Waals surface area contributed by atoms with Gasteiger partial charge in [0.25, 0.3) is 0 Å². The lowest BCUT2D eigenvalue weighted by Crippen LogP contribution is -2.21. The monoisotopic (exact) mass is 218 g/mol. The van der Waals surface area contributed by atoms with Crippen molar-refractivity contribution in [1.29, 1.82) is 0 Å². The highest BCUT2D eigenvalue weighted by Gasteiger charge is 2.30. The Balaban J connectivity index is 2.16. The van der Waals surface area contributed by atoms with Gasteiger partial charge in [-0.15, -0.1) is 0 Å². The third-order valence-corrected chi connectivity index (χ3v) is 2.96. The summed E-state index contributed by atoms with van der Waals surface area (Å²) in [5.74, 6) is 1.42. The first-order chi connectivity index (χ1) is 7.66. The molecule has 3 rings (SSSR count). The van der Waals surface area contributed by atoms with Gasteiger partial charge in [-0.25, -0.2) is 4.79 Å². The van der Waals surface area contributed by atoms with Gasteiger partial charge in [0.2, 0.25) is 6.79 Å². The van der Waals surface area contributed by atoms with Crippen LogP contribution in [0.4, 0.5) is 0 Å². The van der Waals surface area contributed by atoms with E-state index in [0.29, 0.717) is 22.8 Å². The predicted octanol–water partition coefficient (Wildman–Crippen LogP) is 1.99. The molecule has 2 heterocycles. The molecule has 0 spiro atoms. The van der Waals surface area contributed by atoms with Gasteiger partial charge in [0.05, 0.1) is 0 Å². The van der Waals surface area contributed by atoms with Gasteiger partial charge in [-0.05, 0) is 6.07 Å². The van der Waals surface area contributed by atoms with E-state index in [9.17, 15) is 4.79 Å². The molecular formula is C12H10O4. The van der Waals surface area contributed by atoms with Gasteiger partial charge in [-0.1, -0.05) is 13.5 Å². The third kappa shape index (κ3) is 1.13. The van der Waals surface area contributed by atoms with Crippen LogP contribution in [-0.2, 0) is 4.79 Å². The molecule has 1 aromatic rings. The van der Waals surface area contributed by atoms with Crippen molar-refractivity contribution in [2.24, 2.45) is 0 Å². The third-order valence-electron chi connectivity index (χ3n) is 2.96. The van der Waals surface area contributed by atoms with Gasteiger partial charge in [-0.3, -0.25) is 0 Å². The highest BCUT2D eigenvalue weighted by molar-refractivity contribution is 5.93. The van der Waals surface area contributed by atoms with E-state index in [1.165, 1.54) is 0 Å². The molecule has 0 fully saturated rings. The molecule has 0 bridgehead atoms. The number of ether oxygens (including phenoxy) is 3. The van der Waals surface area contributed by atoms with Gasteiger partial charge in [0.15, 0.2) is 11.5 Å². The van der Waals surface area contributed by atoms with Crippen molar-refractivity contribution in [1.82, 2.24) is 0 Å². The van der Waals surface area contributed by atoms with Crippen LogP contribution in [0.15, 0.2) is 24.3 Å². The maximum Gasteiger partial charge on any atom is 0.339 e. The number of carbonyl (C=O) groups is 1. The molecule has 2 aliphatic heterocycles. The summed E-state index contributed by atoms with van der Waals surface area (Å²) in [6.45, 7) is 5.85. The molecule has 1 atom stereocenters. The summed E-state index contributed by atoms with van der Waals surface area (Å²) in [6, 6.07) is 3.54. The minimum Gasteiger partial charge on any atom is -0.454 e. The first-order valence-corrected chi connectivity index (χ1v) is 5.01. The zero-order chi connectivity index (χ0) is 11.3. The molecule has 1 aromatic carbocycles. The Morgan fingerprint density at radius 1 is 1.25 bits per heavy atom. The number of fused-ring (bicyclic) bond motifs is 2. The minimum absolute atomic E-state index is 0.0502. The molecule has 4 nitrogen and oxygen atoms in total. The summed E-state index contributed by atoms with van der Waals surface area (Å²) in [7, 11) is 0. The van der Waals surface area contributed by atoms with Crippen molar-refractivity contribution in [2.75, 3.05) is 6.79 Å². The van der Waals surface area contributed by atoms with E-state index in [1.807, 2.05) is 13.0 Å². The predicted molar refractivity (Wildman–Crippen MR) is 55.8 cm³/mol. The average molecular weight is 218 g/mol. The summed E-state index contributed by atoms with van der Waals surface area (Å²) >= 11 is 0. The van der Waals surface area contributed by atoms with Crippen LogP contribution < -0.4 is 14.2 Å². The lowest BCUT2D eigenvalue weighted by Gasteiger charge is -2.23. The quantitative estimate of drug-likeness (QED) is 0.379. The van der Waals surface area contributed by atoms with E-state index in [0.717, 1.165) is 5.56 Å². The molecular weight excluding hydrogens is 208 g/mol. The summed E-state index contributed by atoms with van der Waals surface area (Å²) in [5, 5.41) is 0. The van der Waals surface area contributed by atoms with Crippen molar-refractivity contribution in [3.05, 3.63) is 29.8 Å². The maximum absolute atomic E-state index is 11.5. The van der Waals surface area contributed by atoms with Crippen molar-refractivity contribution in [3.63, 3.8) is 0 Å². The van der Waals surface area contributed by atoms with Gasteiger partial charge >= 0.3 is 5.97 Å². The first kappa shape index (κ1) is 9.27.